The quantitative estimate of drug-likeness (QED) is 0.577. The number of para-hydroxylation sites is 1. The Kier molecular flexibility index (Phi) is 6.04. The number of fused-ring (bicyclic) bond motifs is 1. The predicted molar refractivity (Wildman–Crippen MR) is 121 cm³/mol. The van der Waals surface area contributed by atoms with Crippen molar-refractivity contribution >= 4 is 40.9 Å². The summed E-state index contributed by atoms with van der Waals surface area (Å²) >= 11 is 1.41. The maximum absolute atomic E-state index is 12.7. The molecular weight excluding hydrogens is 412 g/mol. The summed E-state index contributed by atoms with van der Waals surface area (Å²) in [5.41, 5.74) is 3.32. The predicted octanol–water partition coefficient (Wildman–Crippen LogP) is 4.58. The van der Waals surface area contributed by atoms with Gasteiger partial charge in [-0.1, -0.05) is 48.5 Å². The van der Waals surface area contributed by atoms with Crippen molar-refractivity contribution in [3.05, 3.63) is 78.4 Å². The van der Waals surface area contributed by atoms with Crippen LogP contribution in [0, 0.1) is 0 Å². The molecule has 2 amide bonds. The van der Waals surface area contributed by atoms with E-state index >= 15 is 0 Å². The van der Waals surface area contributed by atoms with E-state index in [2.05, 4.69) is 10.6 Å². The SMILES string of the molecule is CC(OC(=O)c1ccc2c(c1)NC(=O)CS2)C(=O)Nc1ccccc1-c1ccccc1. The molecular formula is C24H20N2O4S. The molecule has 1 atom stereocenters. The molecule has 0 bridgehead atoms. The lowest BCUT2D eigenvalue weighted by Crippen LogP contribution is -2.30. The average molecular weight is 433 g/mol. The second-order valence-electron chi connectivity index (χ2n) is 7.00. The third-order valence-corrected chi connectivity index (χ3v) is 5.84. The lowest BCUT2D eigenvalue weighted by atomic mass is 10.0. The van der Waals surface area contributed by atoms with Gasteiger partial charge in [-0.3, -0.25) is 9.59 Å². The average Bonchev–Trinajstić information content (AvgIpc) is 2.79. The van der Waals surface area contributed by atoms with E-state index in [1.807, 2.05) is 48.5 Å². The maximum Gasteiger partial charge on any atom is 0.338 e. The van der Waals surface area contributed by atoms with Gasteiger partial charge in [-0.25, -0.2) is 4.79 Å². The molecule has 6 nitrogen and oxygen atoms in total. The van der Waals surface area contributed by atoms with E-state index in [0.717, 1.165) is 16.0 Å². The molecule has 0 fully saturated rings. The van der Waals surface area contributed by atoms with Gasteiger partial charge < -0.3 is 15.4 Å². The Labute approximate surface area is 184 Å². The monoisotopic (exact) mass is 432 g/mol. The van der Waals surface area contributed by atoms with Crippen molar-refractivity contribution in [2.75, 3.05) is 16.4 Å². The number of amides is 2. The van der Waals surface area contributed by atoms with Crippen molar-refractivity contribution in [2.24, 2.45) is 0 Å². The van der Waals surface area contributed by atoms with Crippen LogP contribution in [0.15, 0.2) is 77.7 Å². The van der Waals surface area contributed by atoms with Gasteiger partial charge in [-0.2, -0.15) is 0 Å². The van der Waals surface area contributed by atoms with Gasteiger partial charge in [0.15, 0.2) is 6.10 Å². The van der Waals surface area contributed by atoms with Crippen LogP contribution >= 0.6 is 11.8 Å². The van der Waals surface area contributed by atoms with Crippen LogP contribution in [0.25, 0.3) is 11.1 Å². The van der Waals surface area contributed by atoms with Crippen molar-refractivity contribution in [1.82, 2.24) is 0 Å². The van der Waals surface area contributed by atoms with E-state index in [0.29, 0.717) is 17.1 Å². The molecule has 3 aromatic carbocycles. The zero-order valence-electron chi connectivity index (χ0n) is 16.8. The second kappa shape index (κ2) is 9.06. The summed E-state index contributed by atoms with van der Waals surface area (Å²) in [6.45, 7) is 1.52. The van der Waals surface area contributed by atoms with Crippen LogP contribution in [0.4, 0.5) is 11.4 Å². The molecule has 0 aromatic heterocycles. The first kappa shape index (κ1) is 20.7. The van der Waals surface area contributed by atoms with Crippen LogP contribution < -0.4 is 10.6 Å². The van der Waals surface area contributed by atoms with Crippen molar-refractivity contribution in [1.29, 1.82) is 0 Å². The molecule has 156 valence electrons. The number of rotatable bonds is 5. The molecule has 4 rings (SSSR count). The van der Waals surface area contributed by atoms with Crippen LogP contribution in [-0.4, -0.2) is 29.6 Å². The van der Waals surface area contributed by atoms with Crippen LogP contribution in [-0.2, 0) is 14.3 Å². The number of esters is 1. The molecule has 0 aliphatic carbocycles. The normalized spacial score (nSPS) is 13.5. The van der Waals surface area contributed by atoms with Crippen molar-refractivity contribution in [2.45, 2.75) is 17.9 Å². The first-order chi connectivity index (χ1) is 15.0. The standard InChI is InChI=1S/C24H20N2O4S/c1-15(30-24(29)17-11-12-21-20(13-17)25-22(27)14-31-21)23(28)26-19-10-6-5-9-18(19)16-7-3-2-4-8-16/h2-13,15H,14H2,1H3,(H,25,27)(H,26,28). The largest absolute Gasteiger partial charge is 0.449 e. The lowest BCUT2D eigenvalue weighted by molar-refractivity contribution is -0.123. The number of hydrogen-bond donors (Lipinski definition) is 2. The van der Waals surface area contributed by atoms with Gasteiger partial charge in [-0.15, -0.1) is 11.8 Å². The van der Waals surface area contributed by atoms with Gasteiger partial charge in [0.05, 0.1) is 17.0 Å². The minimum atomic E-state index is -1.00. The van der Waals surface area contributed by atoms with Crippen LogP contribution in [0.1, 0.15) is 17.3 Å². The topological polar surface area (TPSA) is 84.5 Å². The summed E-state index contributed by atoms with van der Waals surface area (Å²) in [7, 11) is 0. The van der Waals surface area contributed by atoms with E-state index in [4.69, 9.17) is 4.74 Å². The Bertz CT molecular complexity index is 1150. The Morgan fingerprint density at radius 3 is 2.58 bits per heavy atom. The van der Waals surface area contributed by atoms with Gasteiger partial charge in [0.25, 0.3) is 5.91 Å². The van der Waals surface area contributed by atoms with Gasteiger partial charge in [0.1, 0.15) is 0 Å². The zero-order valence-corrected chi connectivity index (χ0v) is 17.6. The highest BCUT2D eigenvalue weighted by Gasteiger charge is 2.22. The van der Waals surface area contributed by atoms with E-state index < -0.39 is 18.0 Å². The van der Waals surface area contributed by atoms with Gasteiger partial charge >= 0.3 is 5.97 Å². The number of thioether (sulfide) groups is 1. The minimum Gasteiger partial charge on any atom is -0.449 e. The van der Waals surface area contributed by atoms with Crippen LogP contribution in [0.2, 0.25) is 0 Å². The third-order valence-electron chi connectivity index (χ3n) is 4.77. The minimum absolute atomic E-state index is 0.118. The molecule has 31 heavy (non-hydrogen) atoms. The molecule has 0 saturated heterocycles. The summed E-state index contributed by atoms with van der Waals surface area (Å²) in [6, 6.07) is 22.1. The fourth-order valence-electron chi connectivity index (χ4n) is 3.19. The highest BCUT2D eigenvalue weighted by atomic mass is 32.2. The fraction of sp³-hybridized carbons (Fsp3) is 0.125. The summed E-state index contributed by atoms with van der Waals surface area (Å²) in [5.74, 6) is -0.837. The zero-order chi connectivity index (χ0) is 21.8. The summed E-state index contributed by atoms with van der Waals surface area (Å²) in [6.07, 6.45) is -1.00. The number of ether oxygens (including phenoxy) is 1. The van der Waals surface area contributed by atoms with Gasteiger partial charge in [0, 0.05) is 16.1 Å². The number of carbonyl (C=O) groups excluding carboxylic acids is 3. The molecule has 1 heterocycles. The second-order valence-corrected chi connectivity index (χ2v) is 8.01. The van der Waals surface area contributed by atoms with Crippen molar-refractivity contribution in [3.8, 4) is 11.1 Å². The number of nitrogens with one attached hydrogen (secondary N) is 2. The van der Waals surface area contributed by atoms with Crippen LogP contribution in [0.5, 0.6) is 0 Å². The first-order valence-corrected chi connectivity index (χ1v) is 10.7. The van der Waals surface area contributed by atoms with E-state index in [-0.39, 0.29) is 11.5 Å². The molecule has 0 radical (unpaired) electrons. The Hall–Kier alpha value is -3.58. The Balaban J connectivity index is 1.45. The van der Waals surface area contributed by atoms with Crippen molar-refractivity contribution < 1.29 is 19.1 Å². The lowest BCUT2D eigenvalue weighted by Gasteiger charge is -2.18. The first-order valence-electron chi connectivity index (χ1n) is 9.74. The molecule has 1 aliphatic rings. The molecule has 0 saturated carbocycles. The Morgan fingerprint density at radius 1 is 1.03 bits per heavy atom. The molecule has 1 aliphatic heterocycles. The number of carbonyl (C=O) groups is 3. The van der Waals surface area contributed by atoms with Gasteiger partial charge in [0.2, 0.25) is 5.91 Å². The number of anilines is 2. The summed E-state index contributed by atoms with van der Waals surface area (Å²) in [4.78, 5) is 37.7. The number of hydrogen-bond acceptors (Lipinski definition) is 5. The fourth-order valence-corrected chi connectivity index (χ4v) is 3.98. The van der Waals surface area contributed by atoms with E-state index in [1.165, 1.54) is 18.7 Å². The highest BCUT2D eigenvalue weighted by Crippen LogP contribution is 2.32. The molecule has 3 aromatic rings. The van der Waals surface area contributed by atoms with E-state index in [1.54, 1.807) is 24.3 Å². The molecule has 2 N–H and O–H groups in total. The Morgan fingerprint density at radius 2 is 1.77 bits per heavy atom. The summed E-state index contributed by atoms with van der Waals surface area (Å²) in [5, 5.41) is 5.58. The third kappa shape index (κ3) is 4.78. The number of benzene rings is 3. The summed E-state index contributed by atoms with van der Waals surface area (Å²) < 4.78 is 5.36. The molecule has 7 heteroatoms. The van der Waals surface area contributed by atoms with Crippen LogP contribution in [0.3, 0.4) is 0 Å². The van der Waals surface area contributed by atoms with Gasteiger partial charge in [-0.05, 0) is 36.8 Å². The van der Waals surface area contributed by atoms with Crippen molar-refractivity contribution in [3.63, 3.8) is 0 Å². The van der Waals surface area contributed by atoms with E-state index in [9.17, 15) is 14.4 Å². The maximum atomic E-state index is 12.7. The smallest absolute Gasteiger partial charge is 0.338 e. The molecule has 0 spiro atoms. The molecule has 1 unspecified atom stereocenters. The highest BCUT2D eigenvalue weighted by molar-refractivity contribution is 8.00.